The van der Waals surface area contributed by atoms with Crippen molar-refractivity contribution in [2.75, 3.05) is 30.4 Å². The first kappa shape index (κ1) is 17.7. The van der Waals surface area contributed by atoms with E-state index in [4.69, 9.17) is 0 Å². The topological polar surface area (TPSA) is 31.4 Å². The maximum atomic E-state index is 4.64. The first-order valence-electron chi connectivity index (χ1n) is 9.34. The SMILES string of the molecule is CC(C)Nc1cccnc1N(C)C1CCN(Cc2ccccc2)CC1. The number of benzene rings is 1. The van der Waals surface area contributed by atoms with Gasteiger partial charge in [0.2, 0.25) is 0 Å². The molecule has 0 aliphatic carbocycles. The molecule has 1 fully saturated rings. The van der Waals surface area contributed by atoms with Crippen LogP contribution in [0.1, 0.15) is 32.3 Å². The maximum absolute atomic E-state index is 4.64. The molecule has 1 N–H and O–H groups in total. The number of nitrogens with zero attached hydrogens (tertiary/aromatic N) is 3. The zero-order chi connectivity index (χ0) is 17.6. The lowest BCUT2D eigenvalue weighted by atomic mass is 10.0. The summed E-state index contributed by atoms with van der Waals surface area (Å²) in [6, 6.07) is 15.9. The lowest BCUT2D eigenvalue weighted by Crippen LogP contribution is -2.43. The van der Waals surface area contributed by atoms with Gasteiger partial charge >= 0.3 is 0 Å². The van der Waals surface area contributed by atoms with Crippen LogP contribution in [0.25, 0.3) is 0 Å². The number of nitrogens with one attached hydrogen (secondary N) is 1. The van der Waals surface area contributed by atoms with Crippen LogP contribution in [0, 0.1) is 0 Å². The van der Waals surface area contributed by atoms with Gasteiger partial charge in [0.25, 0.3) is 0 Å². The Balaban J connectivity index is 1.59. The molecule has 0 unspecified atom stereocenters. The zero-order valence-electron chi connectivity index (χ0n) is 15.7. The van der Waals surface area contributed by atoms with E-state index in [1.54, 1.807) is 0 Å². The smallest absolute Gasteiger partial charge is 0.151 e. The summed E-state index contributed by atoms with van der Waals surface area (Å²) in [5, 5.41) is 3.52. The van der Waals surface area contributed by atoms with Gasteiger partial charge in [-0.1, -0.05) is 30.3 Å². The summed E-state index contributed by atoms with van der Waals surface area (Å²) in [5.41, 5.74) is 2.54. The molecule has 1 aliphatic rings. The largest absolute Gasteiger partial charge is 0.380 e. The molecule has 3 rings (SSSR count). The highest BCUT2D eigenvalue weighted by atomic mass is 15.2. The fourth-order valence-corrected chi connectivity index (χ4v) is 3.58. The van der Waals surface area contributed by atoms with Gasteiger partial charge in [0.05, 0.1) is 5.69 Å². The van der Waals surface area contributed by atoms with Crippen LogP contribution in [0.2, 0.25) is 0 Å². The van der Waals surface area contributed by atoms with Gasteiger partial charge in [-0.3, -0.25) is 4.90 Å². The van der Waals surface area contributed by atoms with E-state index in [0.717, 1.165) is 31.1 Å². The molecule has 0 radical (unpaired) electrons. The highest BCUT2D eigenvalue weighted by Crippen LogP contribution is 2.27. The number of hydrogen-bond donors (Lipinski definition) is 1. The minimum Gasteiger partial charge on any atom is -0.380 e. The first-order valence-corrected chi connectivity index (χ1v) is 9.34. The van der Waals surface area contributed by atoms with Crippen LogP contribution in [0.5, 0.6) is 0 Å². The number of rotatable bonds is 6. The van der Waals surface area contributed by atoms with Crippen molar-refractivity contribution in [3.63, 3.8) is 0 Å². The second-order valence-electron chi connectivity index (χ2n) is 7.28. The normalized spacial score (nSPS) is 16.2. The molecule has 4 nitrogen and oxygen atoms in total. The van der Waals surface area contributed by atoms with Gasteiger partial charge in [-0.25, -0.2) is 4.98 Å². The molecule has 1 aliphatic heterocycles. The number of pyridine rings is 1. The minimum atomic E-state index is 0.407. The van der Waals surface area contributed by atoms with E-state index in [1.165, 1.54) is 18.4 Å². The van der Waals surface area contributed by atoms with Crippen molar-refractivity contribution >= 4 is 11.5 Å². The molecule has 25 heavy (non-hydrogen) atoms. The van der Waals surface area contributed by atoms with E-state index in [-0.39, 0.29) is 0 Å². The molecule has 0 bridgehead atoms. The summed E-state index contributed by atoms with van der Waals surface area (Å²) < 4.78 is 0. The molecule has 1 aromatic heterocycles. The van der Waals surface area contributed by atoms with E-state index in [2.05, 4.69) is 77.4 Å². The molecule has 2 heterocycles. The van der Waals surface area contributed by atoms with Gasteiger partial charge in [-0.2, -0.15) is 0 Å². The van der Waals surface area contributed by atoms with E-state index in [1.807, 2.05) is 12.3 Å². The number of anilines is 2. The van der Waals surface area contributed by atoms with Crippen molar-refractivity contribution in [2.45, 2.75) is 45.3 Å². The molecule has 4 heteroatoms. The highest BCUT2D eigenvalue weighted by Gasteiger charge is 2.24. The minimum absolute atomic E-state index is 0.407. The Kier molecular flexibility index (Phi) is 5.92. The molecule has 1 aromatic carbocycles. The Morgan fingerprint density at radius 3 is 2.52 bits per heavy atom. The average Bonchev–Trinajstić information content (AvgIpc) is 2.63. The second kappa shape index (κ2) is 8.34. The van der Waals surface area contributed by atoms with Gasteiger partial charge < -0.3 is 10.2 Å². The van der Waals surface area contributed by atoms with E-state index < -0.39 is 0 Å². The van der Waals surface area contributed by atoms with Crippen LogP contribution < -0.4 is 10.2 Å². The molecule has 0 saturated carbocycles. The third-order valence-electron chi connectivity index (χ3n) is 4.92. The van der Waals surface area contributed by atoms with Gasteiger partial charge in [0, 0.05) is 45.0 Å². The Bertz CT molecular complexity index is 648. The van der Waals surface area contributed by atoms with Crippen molar-refractivity contribution < 1.29 is 0 Å². The predicted molar refractivity (Wildman–Crippen MR) is 106 cm³/mol. The molecule has 134 valence electrons. The van der Waals surface area contributed by atoms with E-state index in [0.29, 0.717) is 12.1 Å². The third-order valence-corrected chi connectivity index (χ3v) is 4.92. The summed E-state index contributed by atoms with van der Waals surface area (Å²) in [6.45, 7) is 7.67. The molecule has 0 spiro atoms. The van der Waals surface area contributed by atoms with E-state index in [9.17, 15) is 0 Å². The fourth-order valence-electron chi connectivity index (χ4n) is 3.58. The predicted octanol–water partition coefficient (Wildman–Crippen LogP) is 4.00. The molecular formula is C21H30N4. The first-order chi connectivity index (χ1) is 12.1. The van der Waals surface area contributed by atoms with Crippen molar-refractivity contribution in [3.05, 3.63) is 54.2 Å². The monoisotopic (exact) mass is 338 g/mol. The lowest BCUT2D eigenvalue weighted by Gasteiger charge is -2.38. The van der Waals surface area contributed by atoms with Gasteiger partial charge in [0.1, 0.15) is 0 Å². The average molecular weight is 338 g/mol. The summed E-state index contributed by atoms with van der Waals surface area (Å²) in [5.74, 6) is 1.07. The quantitative estimate of drug-likeness (QED) is 0.862. The van der Waals surface area contributed by atoms with Crippen LogP contribution in [0.3, 0.4) is 0 Å². The van der Waals surface area contributed by atoms with Crippen molar-refractivity contribution in [1.82, 2.24) is 9.88 Å². The van der Waals surface area contributed by atoms with Gasteiger partial charge in [-0.15, -0.1) is 0 Å². The number of aromatic nitrogens is 1. The Morgan fingerprint density at radius 1 is 1.12 bits per heavy atom. The highest BCUT2D eigenvalue weighted by molar-refractivity contribution is 5.65. The summed E-state index contributed by atoms with van der Waals surface area (Å²) in [6.07, 6.45) is 4.25. The van der Waals surface area contributed by atoms with E-state index >= 15 is 0 Å². The molecule has 1 saturated heterocycles. The Morgan fingerprint density at radius 2 is 1.84 bits per heavy atom. The maximum Gasteiger partial charge on any atom is 0.151 e. The van der Waals surface area contributed by atoms with Crippen molar-refractivity contribution in [2.24, 2.45) is 0 Å². The van der Waals surface area contributed by atoms with Crippen LogP contribution in [-0.4, -0.2) is 42.1 Å². The van der Waals surface area contributed by atoms with Crippen LogP contribution >= 0.6 is 0 Å². The molecule has 0 atom stereocenters. The summed E-state index contributed by atoms with van der Waals surface area (Å²) in [4.78, 5) is 9.57. The van der Waals surface area contributed by atoms with Gasteiger partial charge in [0.15, 0.2) is 5.82 Å². The van der Waals surface area contributed by atoms with Crippen LogP contribution in [0.4, 0.5) is 11.5 Å². The second-order valence-corrected chi connectivity index (χ2v) is 7.28. The number of hydrogen-bond acceptors (Lipinski definition) is 4. The molecule has 0 amide bonds. The van der Waals surface area contributed by atoms with Crippen molar-refractivity contribution in [3.8, 4) is 0 Å². The zero-order valence-corrected chi connectivity index (χ0v) is 15.7. The third kappa shape index (κ3) is 4.73. The summed E-state index contributed by atoms with van der Waals surface area (Å²) >= 11 is 0. The van der Waals surface area contributed by atoms with Crippen LogP contribution in [0.15, 0.2) is 48.7 Å². The Labute approximate surface area is 151 Å². The Hall–Kier alpha value is -2.07. The van der Waals surface area contributed by atoms with Crippen LogP contribution in [-0.2, 0) is 6.54 Å². The number of piperidine rings is 1. The standard InChI is InChI=1S/C21H30N4/c1-17(2)23-20-10-7-13-22-21(20)24(3)19-11-14-25(15-12-19)16-18-8-5-4-6-9-18/h4-10,13,17,19,23H,11-12,14-16H2,1-3H3. The number of likely N-dealkylation sites (tertiary alicyclic amines) is 1. The van der Waals surface area contributed by atoms with Crippen molar-refractivity contribution in [1.29, 1.82) is 0 Å². The fraction of sp³-hybridized carbons (Fsp3) is 0.476. The molecular weight excluding hydrogens is 308 g/mol. The lowest BCUT2D eigenvalue weighted by molar-refractivity contribution is 0.203. The molecule has 2 aromatic rings. The van der Waals surface area contributed by atoms with Gasteiger partial charge in [-0.05, 0) is 44.4 Å². The summed E-state index contributed by atoms with van der Waals surface area (Å²) in [7, 11) is 2.19.